The van der Waals surface area contributed by atoms with Gasteiger partial charge in [-0.05, 0) is 31.6 Å². The Morgan fingerprint density at radius 3 is 2.14 bits per heavy atom. The number of hydrogen-bond acceptors (Lipinski definition) is 2. The molecule has 1 N–H and O–H groups in total. The Kier molecular flexibility index (Phi) is 4.90. The lowest BCUT2D eigenvalue weighted by Gasteiger charge is -2.28. The van der Waals surface area contributed by atoms with E-state index in [0.29, 0.717) is 11.8 Å². The Hall–Kier alpha value is -0.0800. The quantitative estimate of drug-likeness (QED) is 0.684. The first-order valence-electron chi connectivity index (χ1n) is 6.04. The molecule has 0 radical (unpaired) electrons. The molecule has 1 fully saturated rings. The van der Waals surface area contributed by atoms with Gasteiger partial charge in [-0.3, -0.25) is 0 Å². The predicted molar refractivity (Wildman–Crippen MR) is 58.2 cm³/mol. The number of aliphatic hydroxyl groups excluding tert-OH is 1. The molecule has 0 aromatic heterocycles. The van der Waals surface area contributed by atoms with E-state index in [9.17, 15) is 5.11 Å². The van der Waals surface area contributed by atoms with Gasteiger partial charge in [0.15, 0.2) is 0 Å². The van der Waals surface area contributed by atoms with E-state index in [1.807, 2.05) is 6.92 Å². The Bertz CT molecular complexity index is 150. The second-order valence-corrected chi connectivity index (χ2v) is 4.32. The van der Waals surface area contributed by atoms with Crippen LogP contribution in [0, 0.1) is 11.8 Å². The number of aliphatic hydroxyl groups is 1. The Labute approximate surface area is 87.7 Å². The molecular formula is C12H24O2. The highest BCUT2D eigenvalue weighted by molar-refractivity contribution is 4.89. The molecule has 0 aromatic rings. The van der Waals surface area contributed by atoms with Crippen molar-refractivity contribution >= 4 is 0 Å². The molecular weight excluding hydrogens is 176 g/mol. The normalized spacial score (nSPS) is 21.2. The summed E-state index contributed by atoms with van der Waals surface area (Å²) in [5.74, 6) is 1.04. The highest BCUT2D eigenvalue weighted by atomic mass is 16.5. The van der Waals surface area contributed by atoms with Gasteiger partial charge < -0.3 is 9.84 Å². The van der Waals surface area contributed by atoms with Crippen molar-refractivity contribution in [1.82, 2.24) is 0 Å². The summed E-state index contributed by atoms with van der Waals surface area (Å²) in [7, 11) is 0. The third-order valence-electron chi connectivity index (χ3n) is 3.31. The van der Waals surface area contributed by atoms with Crippen LogP contribution in [0.4, 0.5) is 0 Å². The van der Waals surface area contributed by atoms with Crippen molar-refractivity contribution in [1.29, 1.82) is 0 Å². The van der Waals surface area contributed by atoms with Gasteiger partial charge >= 0.3 is 0 Å². The topological polar surface area (TPSA) is 29.5 Å². The lowest BCUT2D eigenvalue weighted by molar-refractivity contribution is -0.0704. The lowest BCUT2D eigenvalue weighted by Crippen LogP contribution is -2.36. The van der Waals surface area contributed by atoms with Crippen LogP contribution >= 0.6 is 0 Å². The summed E-state index contributed by atoms with van der Waals surface area (Å²) in [5, 5.41) is 10.2. The van der Waals surface area contributed by atoms with Gasteiger partial charge in [-0.1, -0.05) is 26.7 Å². The van der Waals surface area contributed by atoms with Crippen LogP contribution in [-0.2, 0) is 4.74 Å². The second kappa shape index (κ2) is 5.72. The van der Waals surface area contributed by atoms with E-state index in [2.05, 4.69) is 13.8 Å². The summed E-state index contributed by atoms with van der Waals surface area (Å²) in [6.45, 7) is 7.02. The number of hydrogen-bond donors (Lipinski definition) is 1. The highest BCUT2D eigenvalue weighted by Crippen LogP contribution is 2.38. The maximum Gasteiger partial charge on any atom is 0.0864 e. The van der Waals surface area contributed by atoms with Crippen molar-refractivity contribution in [2.24, 2.45) is 11.8 Å². The first-order chi connectivity index (χ1) is 6.74. The molecule has 0 aromatic carbocycles. The minimum Gasteiger partial charge on any atom is -0.390 e. The molecule has 1 aliphatic carbocycles. The largest absolute Gasteiger partial charge is 0.390 e. The van der Waals surface area contributed by atoms with Gasteiger partial charge in [0.2, 0.25) is 0 Å². The summed E-state index contributed by atoms with van der Waals surface area (Å²) in [6, 6.07) is 0. The molecule has 2 heteroatoms. The van der Waals surface area contributed by atoms with Crippen LogP contribution in [-0.4, -0.2) is 23.9 Å². The van der Waals surface area contributed by atoms with Gasteiger partial charge in [-0.25, -0.2) is 0 Å². The van der Waals surface area contributed by atoms with Crippen LogP contribution in [0.3, 0.4) is 0 Å². The Balaban J connectivity index is 2.47. The molecule has 0 heterocycles. The Morgan fingerprint density at radius 2 is 1.79 bits per heavy atom. The smallest absolute Gasteiger partial charge is 0.0864 e. The van der Waals surface area contributed by atoms with E-state index in [1.165, 1.54) is 12.8 Å². The molecule has 1 saturated carbocycles. The molecule has 2 atom stereocenters. The zero-order valence-corrected chi connectivity index (χ0v) is 9.70. The van der Waals surface area contributed by atoms with Gasteiger partial charge in [0.25, 0.3) is 0 Å². The van der Waals surface area contributed by atoms with E-state index in [-0.39, 0.29) is 12.2 Å². The van der Waals surface area contributed by atoms with Gasteiger partial charge in [0.1, 0.15) is 0 Å². The molecule has 0 aliphatic heterocycles. The maximum atomic E-state index is 10.2. The van der Waals surface area contributed by atoms with Crippen LogP contribution in [0.1, 0.15) is 46.5 Å². The third-order valence-corrected chi connectivity index (χ3v) is 3.31. The first-order valence-corrected chi connectivity index (χ1v) is 6.04. The molecule has 0 spiro atoms. The SMILES string of the molecule is CCOC(C1CC1)C(O)C(CC)CC. The molecule has 1 aliphatic rings. The Morgan fingerprint density at radius 1 is 1.21 bits per heavy atom. The molecule has 2 unspecified atom stereocenters. The van der Waals surface area contributed by atoms with E-state index >= 15 is 0 Å². The maximum absolute atomic E-state index is 10.2. The highest BCUT2D eigenvalue weighted by Gasteiger charge is 2.38. The summed E-state index contributed by atoms with van der Waals surface area (Å²) in [5.41, 5.74) is 0. The molecule has 14 heavy (non-hydrogen) atoms. The zero-order valence-electron chi connectivity index (χ0n) is 9.70. The molecule has 0 bridgehead atoms. The summed E-state index contributed by atoms with van der Waals surface area (Å²) >= 11 is 0. The predicted octanol–water partition coefficient (Wildman–Crippen LogP) is 2.60. The van der Waals surface area contributed by atoms with Crippen molar-refractivity contribution in [2.45, 2.75) is 58.7 Å². The van der Waals surface area contributed by atoms with E-state index < -0.39 is 0 Å². The summed E-state index contributed by atoms with van der Waals surface area (Å²) in [6.07, 6.45) is 4.42. The fourth-order valence-electron chi connectivity index (χ4n) is 2.17. The fourth-order valence-corrected chi connectivity index (χ4v) is 2.17. The van der Waals surface area contributed by atoms with Crippen molar-refractivity contribution in [3.05, 3.63) is 0 Å². The van der Waals surface area contributed by atoms with E-state index in [4.69, 9.17) is 4.74 Å². The van der Waals surface area contributed by atoms with Gasteiger partial charge in [-0.2, -0.15) is 0 Å². The molecule has 2 nitrogen and oxygen atoms in total. The average molecular weight is 200 g/mol. The number of rotatable bonds is 7. The molecule has 0 saturated heterocycles. The van der Waals surface area contributed by atoms with Crippen LogP contribution in [0.15, 0.2) is 0 Å². The van der Waals surface area contributed by atoms with E-state index in [0.717, 1.165) is 19.4 Å². The molecule has 0 amide bonds. The van der Waals surface area contributed by atoms with Gasteiger partial charge in [-0.15, -0.1) is 0 Å². The number of ether oxygens (including phenoxy) is 1. The zero-order chi connectivity index (χ0) is 10.6. The second-order valence-electron chi connectivity index (χ2n) is 4.32. The minimum absolute atomic E-state index is 0.102. The van der Waals surface area contributed by atoms with Crippen molar-refractivity contribution in [2.75, 3.05) is 6.61 Å². The van der Waals surface area contributed by atoms with E-state index in [1.54, 1.807) is 0 Å². The standard InChI is InChI=1S/C12H24O2/c1-4-9(5-2)11(13)12(14-6-3)10-7-8-10/h9-13H,4-8H2,1-3H3. The average Bonchev–Trinajstić information content (AvgIpc) is 2.99. The first kappa shape index (κ1) is 12.0. The summed E-state index contributed by atoms with van der Waals surface area (Å²) < 4.78 is 5.66. The van der Waals surface area contributed by atoms with Crippen LogP contribution in [0.25, 0.3) is 0 Å². The third kappa shape index (κ3) is 2.96. The van der Waals surface area contributed by atoms with Gasteiger partial charge in [0, 0.05) is 6.61 Å². The molecule has 84 valence electrons. The summed E-state index contributed by atoms with van der Waals surface area (Å²) in [4.78, 5) is 0. The van der Waals surface area contributed by atoms with Gasteiger partial charge in [0.05, 0.1) is 12.2 Å². The van der Waals surface area contributed by atoms with Crippen LogP contribution in [0.2, 0.25) is 0 Å². The molecule has 1 rings (SSSR count). The lowest BCUT2D eigenvalue weighted by atomic mass is 9.91. The fraction of sp³-hybridized carbons (Fsp3) is 1.00. The van der Waals surface area contributed by atoms with Crippen LogP contribution in [0.5, 0.6) is 0 Å². The van der Waals surface area contributed by atoms with Crippen molar-refractivity contribution in [3.63, 3.8) is 0 Å². The monoisotopic (exact) mass is 200 g/mol. The van der Waals surface area contributed by atoms with Crippen molar-refractivity contribution < 1.29 is 9.84 Å². The minimum atomic E-state index is -0.252. The van der Waals surface area contributed by atoms with Crippen molar-refractivity contribution in [3.8, 4) is 0 Å². The van der Waals surface area contributed by atoms with Crippen LogP contribution < -0.4 is 0 Å².